The maximum Gasteiger partial charge on any atom is 0.573 e. The van der Waals surface area contributed by atoms with Crippen molar-refractivity contribution in [3.63, 3.8) is 0 Å². The van der Waals surface area contributed by atoms with E-state index < -0.39 is 29.9 Å². The average Bonchev–Trinajstić information content (AvgIpc) is 3.35. The summed E-state index contributed by atoms with van der Waals surface area (Å²) in [5.74, 6) is -0.519. The van der Waals surface area contributed by atoms with Crippen molar-refractivity contribution >= 4 is 5.91 Å². The van der Waals surface area contributed by atoms with Crippen LogP contribution in [-0.4, -0.2) is 27.3 Å². The second-order valence-corrected chi connectivity index (χ2v) is 7.30. The Kier molecular flexibility index (Phi) is 5.76. The molecule has 0 aliphatic carbocycles. The summed E-state index contributed by atoms with van der Waals surface area (Å²) < 4.78 is 84.9. The number of nitrogens with zero attached hydrogens (tertiary/aromatic N) is 3. The van der Waals surface area contributed by atoms with Gasteiger partial charge in [-0.05, 0) is 48.4 Å². The lowest BCUT2D eigenvalue weighted by Crippen LogP contribution is -2.27. The number of rotatable bonds is 5. The normalized spacial score (nSPS) is 17.0. The van der Waals surface area contributed by atoms with Gasteiger partial charge in [-0.15, -0.1) is 13.2 Å². The van der Waals surface area contributed by atoms with E-state index >= 15 is 0 Å². The van der Waals surface area contributed by atoms with E-state index in [9.17, 15) is 31.1 Å². The first-order valence-corrected chi connectivity index (χ1v) is 9.65. The van der Waals surface area contributed by atoms with Crippen LogP contribution in [0, 0.1) is 0 Å². The molecule has 1 aliphatic rings. The van der Waals surface area contributed by atoms with Gasteiger partial charge in [0.25, 0.3) is 0 Å². The molecule has 33 heavy (non-hydrogen) atoms. The van der Waals surface area contributed by atoms with E-state index in [2.05, 4.69) is 14.9 Å². The van der Waals surface area contributed by atoms with Gasteiger partial charge in [-0.2, -0.15) is 18.2 Å². The molecule has 1 aliphatic heterocycles. The number of amides is 1. The van der Waals surface area contributed by atoms with E-state index in [1.165, 1.54) is 29.2 Å². The Hall–Kier alpha value is -3.57. The van der Waals surface area contributed by atoms with Crippen molar-refractivity contribution in [3.05, 3.63) is 65.5 Å². The molecule has 0 N–H and O–H groups in total. The molecule has 174 valence electrons. The van der Waals surface area contributed by atoms with E-state index in [1.807, 2.05) is 0 Å². The molecule has 0 spiro atoms. The van der Waals surface area contributed by atoms with Crippen molar-refractivity contribution in [1.29, 1.82) is 0 Å². The van der Waals surface area contributed by atoms with Crippen molar-refractivity contribution in [3.8, 4) is 17.1 Å². The van der Waals surface area contributed by atoms with Gasteiger partial charge in [0.15, 0.2) is 0 Å². The molecule has 0 bridgehead atoms. The van der Waals surface area contributed by atoms with Gasteiger partial charge in [0.05, 0.1) is 5.56 Å². The summed E-state index contributed by atoms with van der Waals surface area (Å²) in [4.78, 5) is 18.0. The quantitative estimate of drug-likeness (QED) is 0.459. The lowest BCUT2D eigenvalue weighted by molar-refractivity contribution is -0.274. The molecule has 1 amide bonds. The third-order valence-electron chi connectivity index (χ3n) is 5.01. The van der Waals surface area contributed by atoms with E-state index in [-0.39, 0.29) is 30.6 Å². The number of aromatic nitrogens is 2. The van der Waals surface area contributed by atoms with Crippen molar-refractivity contribution in [2.24, 2.45) is 0 Å². The average molecular weight is 471 g/mol. The van der Waals surface area contributed by atoms with Crippen LogP contribution < -0.4 is 4.74 Å². The molecule has 3 aromatic rings. The first-order chi connectivity index (χ1) is 15.5. The second kappa shape index (κ2) is 8.41. The summed E-state index contributed by atoms with van der Waals surface area (Å²) in [7, 11) is 0. The van der Waals surface area contributed by atoms with Crippen LogP contribution in [-0.2, 0) is 17.5 Å². The Balaban J connectivity index is 1.52. The largest absolute Gasteiger partial charge is 0.573 e. The zero-order chi connectivity index (χ0) is 23.8. The number of ether oxygens (including phenoxy) is 1. The van der Waals surface area contributed by atoms with Gasteiger partial charge in [0, 0.05) is 18.5 Å². The van der Waals surface area contributed by atoms with Gasteiger partial charge in [-0.3, -0.25) is 4.79 Å². The molecule has 0 saturated carbocycles. The number of carbonyl (C=O) groups is 1. The van der Waals surface area contributed by atoms with E-state index in [0.29, 0.717) is 17.5 Å². The third kappa shape index (κ3) is 5.26. The second-order valence-electron chi connectivity index (χ2n) is 7.30. The SMILES string of the molecule is O=C1CCC(c2nc(-c3ccc(OC(F)(F)F)cc3)no2)N1Cc1cccc(C(F)(F)F)c1. The summed E-state index contributed by atoms with van der Waals surface area (Å²) >= 11 is 0. The highest BCUT2D eigenvalue weighted by Gasteiger charge is 2.37. The molecular weight excluding hydrogens is 456 g/mol. The van der Waals surface area contributed by atoms with Gasteiger partial charge in [0.1, 0.15) is 11.8 Å². The van der Waals surface area contributed by atoms with Gasteiger partial charge in [-0.25, -0.2) is 0 Å². The fourth-order valence-corrected chi connectivity index (χ4v) is 3.52. The van der Waals surface area contributed by atoms with Gasteiger partial charge < -0.3 is 14.2 Å². The van der Waals surface area contributed by atoms with Crippen LogP contribution in [0.25, 0.3) is 11.4 Å². The topological polar surface area (TPSA) is 68.5 Å². The lowest BCUT2D eigenvalue weighted by Gasteiger charge is -2.22. The summed E-state index contributed by atoms with van der Waals surface area (Å²) in [6.45, 7) is -0.0748. The highest BCUT2D eigenvalue weighted by atomic mass is 19.4. The Morgan fingerprint density at radius 1 is 1.06 bits per heavy atom. The first kappa shape index (κ1) is 22.6. The zero-order valence-corrected chi connectivity index (χ0v) is 16.7. The van der Waals surface area contributed by atoms with Crippen molar-refractivity contribution < 1.29 is 40.4 Å². The third-order valence-corrected chi connectivity index (χ3v) is 5.01. The number of benzene rings is 2. The monoisotopic (exact) mass is 471 g/mol. The molecule has 1 fully saturated rings. The fourth-order valence-electron chi connectivity index (χ4n) is 3.52. The Bertz CT molecular complexity index is 1140. The number of alkyl halides is 6. The summed E-state index contributed by atoms with van der Waals surface area (Å²) in [6.07, 6.45) is -8.84. The number of hydrogen-bond donors (Lipinski definition) is 0. The Labute approximate surface area is 182 Å². The van der Waals surface area contributed by atoms with Gasteiger partial charge in [-0.1, -0.05) is 17.3 Å². The van der Waals surface area contributed by atoms with Crippen LogP contribution in [0.5, 0.6) is 5.75 Å². The maximum absolute atomic E-state index is 13.0. The molecule has 0 radical (unpaired) electrons. The molecule has 6 nitrogen and oxygen atoms in total. The molecule has 1 aromatic heterocycles. The summed E-state index contributed by atoms with van der Waals surface area (Å²) in [5.41, 5.74) is -0.167. The molecule has 2 aromatic carbocycles. The number of halogens is 6. The Morgan fingerprint density at radius 3 is 2.45 bits per heavy atom. The Morgan fingerprint density at radius 2 is 1.79 bits per heavy atom. The van der Waals surface area contributed by atoms with Crippen molar-refractivity contribution in [2.45, 2.75) is 38.0 Å². The number of hydrogen-bond acceptors (Lipinski definition) is 5. The maximum atomic E-state index is 13.0. The van der Waals surface area contributed by atoms with Crippen LogP contribution in [0.2, 0.25) is 0 Å². The molecular formula is C21H15F6N3O3. The predicted molar refractivity (Wildman–Crippen MR) is 100 cm³/mol. The molecule has 4 rings (SSSR count). The van der Waals surface area contributed by atoms with Crippen LogP contribution in [0.4, 0.5) is 26.3 Å². The molecule has 2 heterocycles. The molecule has 1 saturated heterocycles. The summed E-state index contributed by atoms with van der Waals surface area (Å²) in [5, 5.41) is 3.81. The fraction of sp³-hybridized carbons (Fsp3) is 0.286. The minimum Gasteiger partial charge on any atom is -0.406 e. The highest BCUT2D eigenvalue weighted by molar-refractivity contribution is 5.78. The van der Waals surface area contributed by atoms with Crippen LogP contribution in [0.3, 0.4) is 0 Å². The van der Waals surface area contributed by atoms with E-state index in [4.69, 9.17) is 4.52 Å². The number of likely N-dealkylation sites (tertiary alicyclic amines) is 1. The number of carbonyl (C=O) groups excluding carboxylic acids is 1. The standard InChI is InChI=1S/C21H15F6N3O3/c22-20(23,24)14-3-1-2-12(10-14)11-30-16(8-9-17(30)31)19-28-18(29-33-19)13-4-6-15(7-5-13)32-21(25,26)27/h1-7,10,16H,8-9,11H2. The van der Waals surface area contributed by atoms with Gasteiger partial charge >= 0.3 is 12.5 Å². The predicted octanol–water partition coefficient (Wildman–Crippen LogP) is 5.52. The van der Waals surface area contributed by atoms with Gasteiger partial charge in [0.2, 0.25) is 17.6 Å². The van der Waals surface area contributed by atoms with Crippen molar-refractivity contribution in [2.75, 3.05) is 0 Å². The van der Waals surface area contributed by atoms with Crippen LogP contribution in [0.1, 0.15) is 35.9 Å². The van der Waals surface area contributed by atoms with E-state index in [1.54, 1.807) is 0 Å². The first-order valence-electron chi connectivity index (χ1n) is 9.65. The molecule has 12 heteroatoms. The van der Waals surface area contributed by atoms with E-state index in [0.717, 1.165) is 24.3 Å². The minimum absolute atomic E-state index is 0.0748. The van der Waals surface area contributed by atoms with Crippen molar-refractivity contribution in [1.82, 2.24) is 15.0 Å². The highest BCUT2D eigenvalue weighted by Crippen LogP contribution is 2.35. The summed E-state index contributed by atoms with van der Waals surface area (Å²) in [6, 6.07) is 8.86. The van der Waals surface area contributed by atoms with Crippen LogP contribution >= 0.6 is 0 Å². The lowest BCUT2D eigenvalue weighted by atomic mass is 10.1. The zero-order valence-electron chi connectivity index (χ0n) is 16.7. The van der Waals surface area contributed by atoms with Crippen LogP contribution in [0.15, 0.2) is 53.1 Å². The smallest absolute Gasteiger partial charge is 0.406 e. The molecule has 1 atom stereocenters. The minimum atomic E-state index is -4.82. The molecule has 1 unspecified atom stereocenters.